The van der Waals surface area contributed by atoms with Gasteiger partial charge in [-0.2, -0.15) is 0 Å². The quantitative estimate of drug-likeness (QED) is 0.0756. The fraction of sp³-hybridized carbons (Fsp3) is 0.973. The predicted octanol–water partition coefficient (Wildman–Crippen LogP) is 14.3. The largest absolute Gasteiger partial charge is 0.0654 e. The molecule has 0 heteroatoms. The van der Waals surface area contributed by atoms with E-state index in [2.05, 4.69) is 20.8 Å². The smallest absolute Gasteiger partial charge is 0.0414 e. The Morgan fingerprint density at radius 3 is 0.622 bits per heavy atom. The zero-order valence-corrected chi connectivity index (χ0v) is 26.6. The van der Waals surface area contributed by atoms with Crippen LogP contribution in [-0.2, 0) is 0 Å². The van der Waals surface area contributed by atoms with E-state index in [1.807, 2.05) is 0 Å². The highest BCUT2D eigenvalue weighted by Crippen LogP contribution is 2.19. The van der Waals surface area contributed by atoms with Gasteiger partial charge in [-0.1, -0.05) is 233 Å². The van der Waals surface area contributed by atoms with Crippen molar-refractivity contribution in [3.05, 3.63) is 6.92 Å². The van der Waals surface area contributed by atoms with Gasteiger partial charge in [0.15, 0.2) is 0 Å². The highest BCUT2D eigenvalue weighted by Gasteiger charge is 2.02. The van der Waals surface area contributed by atoms with Crippen molar-refractivity contribution in [3.63, 3.8) is 0 Å². The van der Waals surface area contributed by atoms with Crippen LogP contribution in [-0.4, -0.2) is 0 Å². The number of rotatable bonds is 33. The Kier molecular flexibility index (Phi) is 34.0. The molecule has 37 heavy (non-hydrogen) atoms. The maximum Gasteiger partial charge on any atom is -0.0414 e. The van der Waals surface area contributed by atoms with Crippen LogP contribution in [0.5, 0.6) is 0 Å². The van der Waals surface area contributed by atoms with E-state index >= 15 is 0 Å². The summed E-state index contributed by atoms with van der Waals surface area (Å²) in [6.45, 7) is 9.02. The van der Waals surface area contributed by atoms with Crippen molar-refractivity contribution in [3.8, 4) is 0 Å². The van der Waals surface area contributed by atoms with Crippen molar-refractivity contribution in [2.24, 2.45) is 5.92 Å². The summed E-state index contributed by atoms with van der Waals surface area (Å²) in [4.78, 5) is 0. The maximum absolute atomic E-state index is 4.41. The minimum absolute atomic E-state index is 0.718. The lowest BCUT2D eigenvalue weighted by Crippen LogP contribution is -1.95. The van der Waals surface area contributed by atoms with E-state index in [-0.39, 0.29) is 0 Å². The summed E-state index contributed by atoms with van der Waals surface area (Å²) < 4.78 is 0. The van der Waals surface area contributed by atoms with Gasteiger partial charge in [-0.05, 0) is 5.92 Å². The molecule has 0 saturated carbocycles. The molecule has 0 rings (SSSR count). The second kappa shape index (κ2) is 34.0. The SMILES string of the molecule is [CH2]C(CCCCCCCCC)CCCCCCCCCCCCCCCCCCCCCCCCCC. The van der Waals surface area contributed by atoms with Crippen molar-refractivity contribution >= 4 is 0 Å². The fourth-order valence-electron chi connectivity index (χ4n) is 5.93. The molecule has 0 aromatic carbocycles. The standard InChI is InChI=1S/C37H75/c1-4-6-8-10-12-13-14-15-16-17-18-19-20-21-22-23-24-25-26-27-28-30-32-34-36-37(3)35-33-31-29-11-9-7-5-2/h37H,3-36H2,1-2H3. The Morgan fingerprint density at radius 1 is 0.270 bits per heavy atom. The first-order chi connectivity index (χ1) is 18.3. The van der Waals surface area contributed by atoms with E-state index in [4.69, 9.17) is 0 Å². The first-order valence-electron chi connectivity index (χ1n) is 18.1. The summed E-state index contributed by atoms with van der Waals surface area (Å²) >= 11 is 0. The van der Waals surface area contributed by atoms with E-state index in [1.165, 1.54) is 212 Å². The number of hydrogen-bond acceptors (Lipinski definition) is 0. The van der Waals surface area contributed by atoms with Crippen LogP contribution in [0.3, 0.4) is 0 Å². The molecular formula is C37H75. The van der Waals surface area contributed by atoms with Crippen molar-refractivity contribution in [1.29, 1.82) is 0 Å². The van der Waals surface area contributed by atoms with Crippen LogP contribution in [0, 0.1) is 12.8 Å². The van der Waals surface area contributed by atoms with E-state index < -0.39 is 0 Å². The van der Waals surface area contributed by atoms with Gasteiger partial charge in [-0.3, -0.25) is 0 Å². The van der Waals surface area contributed by atoms with Crippen LogP contribution in [0.4, 0.5) is 0 Å². The molecule has 1 atom stereocenters. The zero-order chi connectivity index (χ0) is 26.9. The lowest BCUT2D eigenvalue weighted by atomic mass is 9.95. The molecule has 0 aliphatic heterocycles. The second-order valence-electron chi connectivity index (χ2n) is 12.7. The maximum atomic E-state index is 4.41. The summed E-state index contributed by atoms with van der Waals surface area (Å²) in [5.41, 5.74) is 0. The van der Waals surface area contributed by atoms with Crippen molar-refractivity contribution in [2.75, 3.05) is 0 Å². The Bertz CT molecular complexity index is 372. The molecule has 0 aromatic heterocycles. The zero-order valence-electron chi connectivity index (χ0n) is 26.6. The van der Waals surface area contributed by atoms with Crippen LogP contribution in [0.1, 0.15) is 226 Å². The Labute approximate surface area is 238 Å². The fourth-order valence-corrected chi connectivity index (χ4v) is 5.93. The monoisotopic (exact) mass is 520 g/mol. The second-order valence-corrected chi connectivity index (χ2v) is 12.7. The van der Waals surface area contributed by atoms with E-state index in [9.17, 15) is 0 Å². The van der Waals surface area contributed by atoms with Gasteiger partial charge in [0.25, 0.3) is 0 Å². The van der Waals surface area contributed by atoms with Crippen LogP contribution in [0.2, 0.25) is 0 Å². The van der Waals surface area contributed by atoms with Crippen molar-refractivity contribution in [1.82, 2.24) is 0 Å². The van der Waals surface area contributed by atoms with Gasteiger partial charge in [0, 0.05) is 0 Å². The van der Waals surface area contributed by atoms with Crippen LogP contribution in [0.15, 0.2) is 0 Å². The number of unbranched alkanes of at least 4 members (excludes halogenated alkanes) is 29. The number of hydrogen-bond donors (Lipinski definition) is 0. The molecule has 0 amide bonds. The van der Waals surface area contributed by atoms with Gasteiger partial charge >= 0.3 is 0 Å². The third-order valence-electron chi connectivity index (χ3n) is 8.68. The van der Waals surface area contributed by atoms with E-state index in [0.717, 1.165) is 5.92 Å². The summed E-state index contributed by atoms with van der Waals surface area (Å²) in [6, 6.07) is 0. The van der Waals surface area contributed by atoms with Crippen molar-refractivity contribution < 1.29 is 0 Å². The lowest BCUT2D eigenvalue weighted by Gasteiger charge is -2.11. The molecule has 0 fully saturated rings. The minimum atomic E-state index is 0.718. The van der Waals surface area contributed by atoms with Crippen LogP contribution >= 0.6 is 0 Å². The van der Waals surface area contributed by atoms with Gasteiger partial charge in [-0.25, -0.2) is 0 Å². The third-order valence-corrected chi connectivity index (χ3v) is 8.68. The molecule has 0 aromatic rings. The molecule has 1 radical (unpaired) electrons. The minimum Gasteiger partial charge on any atom is -0.0654 e. The molecule has 0 aliphatic rings. The molecule has 0 nitrogen and oxygen atoms in total. The average molecular weight is 520 g/mol. The van der Waals surface area contributed by atoms with E-state index in [0.29, 0.717) is 0 Å². The molecule has 0 aliphatic carbocycles. The summed E-state index contributed by atoms with van der Waals surface area (Å²) in [7, 11) is 0. The van der Waals surface area contributed by atoms with Gasteiger partial charge in [0.05, 0.1) is 0 Å². The molecule has 1 unspecified atom stereocenters. The highest BCUT2D eigenvalue weighted by atomic mass is 14.1. The topological polar surface area (TPSA) is 0 Å². The Hall–Kier alpha value is 0. The molecular weight excluding hydrogens is 444 g/mol. The molecule has 0 bridgehead atoms. The Balaban J connectivity index is 3.09. The Morgan fingerprint density at radius 2 is 0.432 bits per heavy atom. The summed E-state index contributed by atoms with van der Waals surface area (Å²) in [5, 5.41) is 0. The van der Waals surface area contributed by atoms with Gasteiger partial charge < -0.3 is 0 Å². The van der Waals surface area contributed by atoms with Crippen molar-refractivity contribution in [2.45, 2.75) is 226 Å². The summed E-state index contributed by atoms with van der Waals surface area (Å²) in [6.07, 6.45) is 48.1. The van der Waals surface area contributed by atoms with Gasteiger partial charge in [0.1, 0.15) is 0 Å². The molecule has 0 spiro atoms. The average Bonchev–Trinajstić information content (AvgIpc) is 2.90. The summed E-state index contributed by atoms with van der Waals surface area (Å²) in [5.74, 6) is 0.718. The van der Waals surface area contributed by atoms with Gasteiger partial charge in [0.2, 0.25) is 0 Å². The third kappa shape index (κ3) is 34.0. The molecule has 223 valence electrons. The lowest BCUT2D eigenvalue weighted by molar-refractivity contribution is 0.460. The van der Waals surface area contributed by atoms with Gasteiger partial charge in [-0.15, -0.1) is 0 Å². The first-order valence-corrected chi connectivity index (χ1v) is 18.1. The predicted molar refractivity (Wildman–Crippen MR) is 173 cm³/mol. The molecule has 0 heterocycles. The van der Waals surface area contributed by atoms with Crippen LogP contribution in [0.25, 0.3) is 0 Å². The molecule has 0 saturated heterocycles. The highest BCUT2D eigenvalue weighted by molar-refractivity contribution is 4.62. The van der Waals surface area contributed by atoms with E-state index in [1.54, 1.807) is 0 Å². The molecule has 0 N–H and O–H groups in total. The first kappa shape index (κ1) is 37.0. The van der Waals surface area contributed by atoms with Crippen LogP contribution < -0.4 is 0 Å². The normalized spacial score (nSPS) is 12.4.